The molecular formula is C22H39OP. The molecule has 1 aromatic carbocycles. The maximum absolute atomic E-state index is 6.61. The third kappa shape index (κ3) is 6.75. The van der Waals surface area contributed by atoms with Gasteiger partial charge in [0.1, 0.15) is 5.75 Å². The molecule has 1 nitrogen and oxygen atoms in total. The third-order valence-electron chi connectivity index (χ3n) is 4.40. The summed E-state index contributed by atoms with van der Waals surface area (Å²) in [4.78, 5) is 0. The van der Waals surface area contributed by atoms with Gasteiger partial charge in [0.25, 0.3) is 0 Å². The first-order valence-electron chi connectivity index (χ1n) is 9.67. The van der Waals surface area contributed by atoms with Gasteiger partial charge in [-0.25, -0.2) is 0 Å². The van der Waals surface area contributed by atoms with E-state index >= 15 is 0 Å². The molecule has 0 aliphatic rings. The van der Waals surface area contributed by atoms with Crippen molar-refractivity contribution in [3.8, 4) is 5.75 Å². The largest absolute Gasteiger partial charge is 0.474 e. The van der Waals surface area contributed by atoms with Crippen molar-refractivity contribution in [2.75, 3.05) is 12.3 Å². The van der Waals surface area contributed by atoms with Crippen molar-refractivity contribution in [1.82, 2.24) is 0 Å². The first kappa shape index (κ1) is 21.5. The lowest BCUT2D eigenvalue weighted by atomic mass is 9.80. The Kier molecular flexibility index (Phi) is 8.27. The smallest absolute Gasteiger partial charge is 0.127 e. The molecule has 0 saturated carbocycles. The van der Waals surface area contributed by atoms with Crippen molar-refractivity contribution in [2.24, 2.45) is 0 Å². The Morgan fingerprint density at radius 1 is 0.833 bits per heavy atom. The van der Waals surface area contributed by atoms with Gasteiger partial charge >= 0.3 is 0 Å². The minimum absolute atomic E-state index is 0.104. The Morgan fingerprint density at radius 3 is 1.79 bits per heavy atom. The van der Waals surface area contributed by atoms with Crippen LogP contribution in [0.3, 0.4) is 0 Å². The predicted molar refractivity (Wildman–Crippen MR) is 111 cm³/mol. The molecule has 138 valence electrons. The molecular weight excluding hydrogens is 311 g/mol. The van der Waals surface area contributed by atoms with E-state index in [-0.39, 0.29) is 19.0 Å². The summed E-state index contributed by atoms with van der Waals surface area (Å²) in [5.41, 5.74) is 3.03. The van der Waals surface area contributed by atoms with Crippen LogP contribution in [-0.2, 0) is 10.8 Å². The van der Waals surface area contributed by atoms with Crippen LogP contribution in [0.25, 0.3) is 0 Å². The summed E-state index contributed by atoms with van der Waals surface area (Å²) in [5, 5.41) is 0. The summed E-state index contributed by atoms with van der Waals surface area (Å²) in [6.45, 7) is 18.3. The van der Waals surface area contributed by atoms with Crippen molar-refractivity contribution in [1.29, 1.82) is 0 Å². The number of hydrogen-bond donors (Lipinski definition) is 0. The Balaban J connectivity index is 3.11. The number of hydrogen-bond acceptors (Lipinski definition) is 1. The zero-order valence-electron chi connectivity index (χ0n) is 17.3. The van der Waals surface area contributed by atoms with Gasteiger partial charge in [0.15, 0.2) is 0 Å². The van der Waals surface area contributed by atoms with Gasteiger partial charge in [-0.2, -0.15) is 0 Å². The molecule has 0 atom stereocenters. The molecule has 0 saturated heterocycles. The second kappa shape index (κ2) is 9.23. The lowest BCUT2D eigenvalue weighted by Gasteiger charge is -2.29. The molecule has 0 N–H and O–H groups in total. The van der Waals surface area contributed by atoms with Gasteiger partial charge in [-0.1, -0.05) is 80.4 Å². The maximum atomic E-state index is 6.61. The lowest BCUT2D eigenvalue weighted by molar-refractivity contribution is 0.525. The van der Waals surface area contributed by atoms with E-state index in [4.69, 9.17) is 4.52 Å². The van der Waals surface area contributed by atoms with Crippen LogP contribution in [0, 0.1) is 0 Å². The summed E-state index contributed by atoms with van der Waals surface area (Å²) in [7, 11) is -0.350. The summed E-state index contributed by atoms with van der Waals surface area (Å²) in [6.07, 6.45) is 7.53. The minimum atomic E-state index is -0.350. The zero-order valence-corrected chi connectivity index (χ0v) is 18.2. The Hall–Kier alpha value is -0.550. The topological polar surface area (TPSA) is 9.23 Å². The van der Waals surface area contributed by atoms with Gasteiger partial charge < -0.3 is 4.52 Å². The van der Waals surface area contributed by atoms with Gasteiger partial charge in [-0.15, -0.1) is 0 Å². The van der Waals surface area contributed by atoms with Gasteiger partial charge in [0.05, 0.1) is 8.15 Å². The third-order valence-corrected chi connectivity index (χ3v) is 6.49. The summed E-state index contributed by atoms with van der Waals surface area (Å²) in [6, 6.07) is 6.87. The normalized spacial score (nSPS) is 12.7. The van der Waals surface area contributed by atoms with Crippen LogP contribution in [0.1, 0.15) is 92.2 Å². The van der Waals surface area contributed by atoms with Crippen molar-refractivity contribution in [3.63, 3.8) is 0 Å². The van der Waals surface area contributed by atoms with Crippen molar-refractivity contribution < 1.29 is 4.52 Å². The SMILES string of the molecule is CCCCP(CCCC)Oc1ccc(C(C)(C)C)cc1C(C)(C)C. The fraction of sp³-hybridized carbons (Fsp3) is 0.727. The highest BCUT2D eigenvalue weighted by atomic mass is 31.1. The van der Waals surface area contributed by atoms with E-state index in [0.717, 1.165) is 5.75 Å². The van der Waals surface area contributed by atoms with Crippen molar-refractivity contribution >= 4 is 8.15 Å². The lowest BCUT2D eigenvalue weighted by Crippen LogP contribution is -2.17. The van der Waals surface area contributed by atoms with E-state index in [9.17, 15) is 0 Å². The quantitative estimate of drug-likeness (QED) is 0.437. The number of unbranched alkanes of at least 4 members (excludes halogenated alkanes) is 2. The molecule has 1 aromatic rings. The van der Waals surface area contributed by atoms with Crippen LogP contribution in [0.2, 0.25) is 0 Å². The van der Waals surface area contributed by atoms with Crippen LogP contribution in [0.15, 0.2) is 18.2 Å². The molecule has 1 rings (SSSR count). The van der Waals surface area contributed by atoms with Crippen molar-refractivity contribution in [3.05, 3.63) is 29.3 Å². The van der Waals surface area contributed by atoms with Crippen LogP contribution < -0.4 is 4.52 Å². The van der Waals surface area contributed by atoms with Crippen LogP contribution in [0.4, 0.5) is 0 Å². The molecule has 0 aliphatic heterocycles. The highest BCUT2D eigenvalue weighted by molar-refractivity contribution is 7.52. The molecule has 2 heteroatoms. The van der Waals surface area contributed by atoms with Gasteiger partial charge in [-0.05, 0) is 35.3 Å². The fourth-order valence-corrected chi connectivity index (χ4v) is 4.85. The average Bonchev–Trinajstić information content (AvgIpc) is 2.48. The molecule has 0 heterocycles. The molecule has 0 amide bonds. The number of rotatable bonds is 8. The first-order valence-corrected chi connectivity index (χ1v) is 11.3. The van der Waals surface area contributed by atoms with Gasteiger partial charge in [-0.3, -0.25) is 0 Å². The highest BCUT2D eigenvalue weighted by Gasteiger charge is 2.24. The molecule has 0 spiro atoms. The Morgan fingerprint density at radius 2 is 1.38 bits per heavy atom. The standard InChI is InChI=1S/C22H39OP/c1-9-11-15-24(16-12-10-2)23-20-14-13-18(21(3,4)5)17-19(20)22(6,7)8/h13-14,17H,9-12,15-16H2,1-8H3. The molecule has 24 heavy (non-hydrogen) atoms. The maximum Gasteiger partial charge on any atom is 0.127 e. The fourth-order valence-electron chi connectivity index (χ4n) is 2.67. The molecule has 0 fully saturated rings. The first-order chi connectivity index (χ1) is 11.1. The minimum Gasteiger partial charge on any atom is -0.474 e. The average molecular weight is 351 g/mol. The van der Waals surface area contributed by atoms with Crippen LogP contribution >= 0.6 is 8.15 Å². The van der Waals surface area contributed by atoms with E-state index in [1.165, 1.54) is 49.1 Å². The number of benzene rings is 1. The predicted octanol–water partition coefficient (Wildman–Crippen LogP) is 7.66. The second-order valence-corrected chi connectivity index (χ2v) is 11.0. The van der Waals surface area contributed by atoms with E-state index in [1.807, 2.05) is 0 Å². The zero-order chi connectivity index (χ0) is 18.4. The van der Waals surface area contributed by atoms with Gasteiger partial charge in [0, 0.05) is 17.9 Å². The highest BCUT2D eigenvalue weighted by Crippen LogP contribution is 2.44. The molecule has 0 aliphatic carbocycles. The molecule has 0 bridgehead atoms. The van der Waals surface area contributed by atoms with Crippen LogP contribution in [-0.4, -0.2) is 12.3 Å². The second-order valence-electron chi connectivity index (χ2n) is 8.94. The van der Waals surface area contributed by atoms with E-state index in [2.05, 4.69) is 73.6 Å². The molecule has 0 aromatic heterocycles. The Bertz CT molecular complexity index is 486. The summed E-state index contributed by atoms with van der Waals surface area (Å²) in [5.74, 6) is 1.12. The summed E-state index contributed by atoms with van der Waals surface area (Å²) < 4.78 is 6.61. The van der Waals surface area contributed by atoms with Gasteiger partial charge in [0.2, 0.25) is 0 Å². The van der Waals surface area contributed by atoms with E-state index in [0.29, 0.717) is 0 Å². The molecule has 0 radical (unpaired) electrons. The Labute approximate surface area is 152 Å². The molecule has 0 unspecified atom stereocenters. The monoisotopic (exact) mass is 350 g/mol. The van der Waals surface area contributed by atoms with Crippen molar-refractivity contribution in [2.45, 2.75) is 91.9 Å². The van der Waals surface area contributed by atoms with E-state index < -0.39 is 0 Å². The van der Waals surface area contributed by atoms with Crippen LogP contribution in [0.5, 0.6) is 5.75 Å². The summed E-state index contributed by atoms with van der Waals surface area (Å²) >= 11 is 0. The van der Waals surface area contributed by atoms with E-state index in [1.54, 1.807) is 0 Å².